The van der Waals surface area contributed by atoms with Gasteiger partial charge in [0.05, 0.1) is 6.10 Å². The van der Waals surface area contributed by atoms with Crippen LogP contribution in [0.5, 0.6) is 0 Å². The standard InChI is InChI=1S/C14H22FNO/c1-4-8-16-14(9-11(2)17-3)12-6-5-7-13(15)10-12/h5-7,10-11,14,16H,4,8-9H2,1-3H3. The summed E-state index contributed by atoms with van der Waals surface area (Å²) in [6, 6.07) is 6.93. The molecular weight excluding hydrogens is 217 g/mol. The molecule has 2 nitrogen and oxygen atoms in total. The van der Waals surface area contributed by atoms with E-state index in [2.05, 4.69) is 12.2 Å². The Morgan fingerprint density at radius 1 is 1.41 bits per heavy atom. The second-order valence-corrected chi connectivity index (χ2v) is 4.34. The maximum Gasteiger partial charge on any atom is 0.123 e. The van der Waals surface area contributed by atoms with Crippen LogP contribution in [0, 0.1) is 5.82 Å². The van der Waals surface area contributed by atoms with Crippen molar-refractivity contribution in [2.45, 2.75) is 38.8 Å². The van der Waals surface area contributed by atoms with Crippen LogP contribution in [0.15, 0.2) is 24.3 Å². The first-order valence-electron chi connectivity index (χ1n) is 6.19. The summed E-state index contributed by atoms with van der Waals surface area (Å²) in [5.41, 5.74) is 0.988. The second kappa shape index (κ2) is 7.41. The van der Waals surface area contributed by atoms with Gasteiger partial charge in [0.25, 0.3) is 0 Å². The van der Waals surface area contributed by atoms with E-state index in [0.717, 1.165) is 24.9 Å². The summed E-state index contributed by atoms with van der Waals surface area (Å²) in [5, 5.41) is 3.43. The van der Waals surface area contributed by atoms with E-state index in [0.29, 0.717) is 0 Å². The van der Waals surface area contributed by atoms with Gasteiger partial charge in [0, 0.05) is 13.2 Å². The number of benzene rings is 1. The Bertz CT molecular complexity index is 330. The van der Waals surface area contributed by atoms with E-state index in [1.54, 1.807) is 19.2 Å². The van der Waals surface area contributed by atoms with Gasteiger partial charge in [-0.25, -0.2) is 4.39 Å². The molecule has 1 N–H and O–H groups in total. The van der Waals surface area contributed by atoms with E-state index in [1.165, 1.54) is 6.07 Å². The Hall–Kier alpha value is -0.930. The number of methoxy groups -OCH3 is 1. The SMILES string of the molecule is CCCNC(CC(C)OC)c1cccc(F)c1. The third-order valence-electron chi connectivity index (χ3n) is 2.86. The largest absolute Gasteiger partial charge is 0.382 e. The van der Waals surface area contributed by atoms with Crippen molar-refractivity contribution in [3.63, 3.8) is 0 Å². The van der Waals surface area contributed by atoms with E-state index >= 15 is 0 Å². The highest BCUT2D eigenvalue weighted by molar-refractivity contribution is 5.20. The quantitative estimate of drug-likeness (QED) is 0.788. The Kier molecular flexibility index (Phi) is 6.16. The summed E-state index contributed by atoms with van der Waals surface area (Å²) in [6.45, 7) is 5.08. The molecule has 1 aromatic carbocycles. The third kappa shape index (κ3) is 4.84. The molecule has 96 valence electrons. The van der Waals surface area contributed by atoms with Crippen LogP contribution in [0.1, 0.15) is 38.3 Å². The average Bonchev–Trinajstić information content (AvgIpc) is 2.34. The van der Waals surface area contributed by atoms with Crippen LogP contribution in [0.25, 0.3) is 0 Å². The van der Waals surface area contributed by atoms with Crippen LogP contribution in [0.2, 0.25) is 0 Å². The van der Waals surface area contributed by atoms with Crippen LogP contribution in [0.3, 0.4) is 0 Å². The van der Waals surface area contributed by atoms with Crippen LogP contribution in [0.4, 0.5) is 4.39 Å². The molecule has 0 saturated carbocycles. The first-order valence-corrected chi connectivity index (χ1v) is 6.19. The first kappa shape index (κ1) is 14.1. The minimum atomic E-state index is -0.184. The summed E-state index contributed by atoms with van der Waals surface area (Å²) in [4.78, 5) is 0. The van der Waals surface area contributed by atoms with Crippen molar-refractivity contribution in [3.8, 4) is 0 Å². The smallest absolute Gasteiger partial charge is 0.123 e. The van der Waals surface area contributed by atoms with Crippen molar-refractivity contribution >= 4 is 0 Å². The molecule has 3 heteroatoms. The minimum absolute atomic E-state index is 0.153. The van der Waals surface area contributed by atoms with Gasteiger partial charge in [-0.05, 0) is 44.0 Å². The van der Waals surface area contributed by atoms with Gasteiger partial charge < -0.3 is 10.1 Å². The van der Waals surface area contributed by atoms with Crippen LogP contribution >= 0.6 is 0 Å². The molecule has 0 aromatic heterocycles. The number of nitrogens with one attached hydrogen (secondary N) is 1. The lowest BCUT2D eigenvalue weighted by Crippen LogP contribution is -2.26. The number of rotatable bonds is 7. The molecule has 0 bridgehead atoms. The van der Waals surface area contributed by atoms with Crippen LogP contribution in [-0.4, -0.2) is 19.8 Å². The number of hydrogen-bond acceptors (Lipinski definition) is 2. The highest BCUT2D eigenvalue weighted by Gasteiger charge is 2.14. The van der Waals surface area contributed by atoms with Gasteiger partial charge in [-0.3, -0.25) is 0 Å². The third-order valence-corrected chi connectivity index (χ3v) is 2.86. The molecule has 17 heavy (non-hydrogen) atoms. The summed E-state index contributed by atoms with van der Waals surface area (Å²) in [5.74, 6) is -0.184. The van der Waals surface area contributed by atoms with E-state index in [-0.39, 0.29) is 18.0 Å². The summed E-state index contributed by atoms with van der Waals surface area (Å²) in [6.07, 6.45) is 2.07. The molecule has 0 aliphatic carbocycles. The Morgan fingerprint density at radius 3 is 2.76 bits per heavy atom. The van der Waals surface area contributed by atoms with Crippen molar-refractivity contribution in [1.82, 2.24) is 5.32 Å². The molecular formula is C14H22FNO. The number of hydrogen-bond donors (Lipinski definition) is 1. The number of halogens is 1. The first-order chi connectivity index (χ1) is 8.17. The van der Waals surface area contributed by atoms with Crippen LogP contribution < -0.4 is 5.32 Å². The summed E-state index contributed by atoms with van der Waals surface area (Å²) in [7, 11) is 1.70. The maximum atomic E-state index is 13.2. The Morgan fingerprint density at radius 2 is 2.18 bits per heavy atom. The predicted octanol–water partition coefficient (Wildman–Crippen LogP) is 3.29. The molecule has 2 unspecified atom stereocenters. The zero-order chi connectivity index (χ0) is 12.7. The molecule has 0 spiro atoms. The summed E-state index contributed by atoms with van der Waals surface area (Å²) < 4.78 is 18.5. The molecule has 1 rings (SSSR count). The zero-order valence-electron chi connectivity index (χ0n) is 10.9. The van der Waals surface area contributed by atoms with Gasteiger partial charge in [0.2, 0.25) is 0 Å². The van der Waals surface area contributed by atoms with Gasteiger partial charge >= 0.3 is 0 Å². The topological polar surface area (TPSA) is 21.3 Å². The molecule has 2 atom stereocenters. The fourth-order valence-corrected chi connectivity index (χ4v) is 1.81. The Balaban J connectivity index is 2.74. The van der Waals surface area contributed by atoms with Crippen molar-refractivity contribution in [2.75, 3.05) is 13.7 Å². The normalized spacial score (nSPS) is 14.6. The lowest BCUT2D eigenvalue weighted by atomic mass is 10.0. The average molecular weight is 239 g/mol. The number of ether oxygens (including phenoxy) is 1. The van der Waals surface area contributed by atoms with Crippen molar-refractivity contribution in [1.29, 1.82) is 0 Å². The molecule has 1 aromatic rings. The monoisotopic (exact) mass is 239 g/mol. The molecule has 0 aliphatic rings. The minimum Gasteiger partial charge on any atom is -0.382 e. The fraction of sp³-hybridized carbons (Fsp3) is 0.571. The maximum absolute atomic E-state index is 13.2. The van der Waals surface area contributed by atoms with E-state index in [4.69, 9.17) is 4.74 Å². The molecule has 0 aliphatic heterocycles. The molecule has 0 amide bonds. The lowest BCUT2D eigenvalue weighted by Gasteiger charge is -2.22. The van der Waals surface area contributed by atoms with E-state index < -0.39 is 0 Å². The fourth-order valence-electron chi connectivity index (χ4n) is 1.81. The Labute approximate surface area is 103 Å². The van der Waals surface area contributed by atoms with Gasteiger partial charge in [0.15, 0.2) is 0 Å². The zero-order valence-corrected chi connectivity index (χ0v) is 10.9. The highest BCUT2D eigenvalue weighted by atomic mass is 19.1. The molecule has 0 radical (unpaired) electrons. The molecule has 0 saturated heterocycles. The van der Waals surface area contributed by atoms with Gasteiger partial charge in [-0.2, -0.15) is 0 Å². The van der Waals surface area contributed by atoms with Gasteiger partial charge in [-0.15, -0.1) is 0 Å². The van der Waals surface area contributed by atoms with Gasteiger partial charge in [-0.1, -0.05) is 19.1 Å². The van der Waals surface area contributed by atoms with Crippen molar-refractivity contribution in [2.24, 2.45) is 0 Å². The second-order valence-electron chi connectivity index (χ2n) is 4.34. The predicted molar refractivity (Wildman–Crippen MR) is 68.5 cm³/mol. The van der Waals surface area contributed by atoms with Crippen molar-refractivity contribution < 1.29 is 9.13 Å². The lowest BCUT2D eigenvalue weighted by molar-refractivity contribution is 0.100. The highest BCUT2D eigenvalue weighted by Crippen LogP contribution is 2.20. The molecule has 0 heterocycles. The van der Waals surface area contributed by atoms with Crippen molar-refractivity contribution in [3.05, 3.63) is 35.6 Å². The molecule has 0 fully saturated rings. The van der Waals surface area contributed by atoms with Gasteiger partial charge in [0.1, 0.15) is 5.82 Å². The summed E-state index contributed by atoms with van der Waals surface area (Å²) >= 11 is 0. The van der Waals surface area contributed by atoms with E-state index in [9.17, 15) is 4.39 Å². The van der Waals surface area contributed by atoms with Crippen LogP contribution in [-0.2, 0) is 4.74 Å². The van der Waals surface area contributed by atoms with E-state index in [1.807, 2.05) is 13.0 Å².